The van der Waals surface area contributed by atoms with Crippen LogP contribution < -0.4 is 11.1 Å². The minimum absolute atomic E-state index is 0.256. The van der Waals surface area contributed by atoms with Gasteiger partial charge in [-0.15, -0.1) is 0 Å². The summed E-state index contributed by atoms with van der Waals surface area (Å²) in [6.45, 7) is 1.89. The number of ether oxygens (including phenoxy) is 1. The Bertz CT molecular complexity index is 406. The first-order chi connectivity index (χ1) is 8.65. The maximum absolute atomic E-state index is 13.3. The van der Waals surface area contributed by atoms with Crippen LogP contribution in [0.3, 0.4) is 0 Å². The Kier molecular flexibility index (Phi) is 4.43. The molecule has 0 saturated carbocycles. The molecule has 1 fully saturated rings. The summed E-state index contributed by atoms with van der Waals surface area (Å²) in [5.41, 5.74) is 6.23. The summed E-state index contributed by atoms with van der Waals surface area (Å²) < 4.78 is 18.7. The van der Waals surface area contributed by atoms with Gasteiger partial charge in [-0.3, -0.25) is 0 Å². The highest BCUT2D eigenvalue weighted by atomic mass is 35.5. The number of benzene rings is 1. The normalized spacial score (nSPS) is 24.6. The lowest BCUT2D eigenvalue weighted by atomic mass is 9.90. The lowest BCUT2D eigenvalue weighted by Crippen LogP contribution is -2.45. The zero-order valence-corrected chi connectivity index (χ0v) is 11.0. The molecule has 1 unspecified atom stereocenters. The fraction of sp³-hybridized carbons (Fsp3) is 0.538. The van der Waals surface area contributed by atoms with E-state index in [9.17, 15) is 4.39 Å². The number of hydrogen-bond donors (Lipinski definition) is 2. The smallest absolute Gasteiger partial charge is 0.125 e. The second kappa shape index (κ2) is 5.87. The summed E-state index contributed by atoms with van der Waals surface area (Å²) in [4.78, 5) is 0. The van der Waals surface area contributed by atoms with Crippen molar-refractivity contribution in [2.45, 2.75) is 24.8 Å². The highest BCUT2D eigenvalue weighted by molar-refractivity contribution is 6.33. The predicted octanol–water partition coefficient (Wildman–Crippen LogP) is 2.79. The third-order valence-electron chi connectivity index (χ3n) is 3.39. The van der Waals surface area contributed by atoms with E-state index in [-0.39, 0.29) is 11.4 Å². The molecule has 1 saturated heterocycles. The standard InChI is InChI=1S/C13H18ClFN2O/c14-11-3-2-10(15)8-12(11)17-13(9-16)4-1-6-18-7-5-13/h2-3,8,17H,1,4-7,9,16H2. The lowest BCUT2D eigenvalue weighted by molar-refractivity contribution is 0.141. The second-order valence-electron chi connectivity index (χ2n) is 4.70. The van der Waals surface area contributed by atoms with Crippen molar-refractivity contribution in [3.8, 4) is 0 Å². The zero-order valence-electron chi connectivity index (χ0n) is 10.2. The van der Waals surface area contributed by atoms with Gasteiger partial charge in [-0.05, 0) is 37.5 Å². The van der Waals surface area contributed by atoms with Gasteiger partial charge in [-0.25, -0.2) is 4.39 Å². The number of halogens is 2. The van der Waals surface area contributed by atoms with Gasteiger partial charge in [0.05, 0.1) is 16.2 Å². The number of nitrogens with one attached hydrogen (secondary N) is 1. The van der Waals surface area contributed by atoms with Gasteiger partial charge in [0, 0.05) is 19.8 Å². The van der Waals surface area contributed by atoms with Crippen LogP contribution in [-0.4, -0.2) is 25.3 Å². The van der Waals surface area contributed by atoms with E-state index < -0.39 is 0 Å². The van der Waals surface area contributed by atoms with Crippen molar-refractivity contribution in [1.82, 2.24) is 0 Å². The van der Waals surface area contributed by atoms with Crippen molar-refractivity contribution in [2.75, 3.05) is 25.1 Å². The molecule has 1 aliphatic heterocycles. The first kappa shape index (κ1) is 13.6. The Hall–Kier alpha value is -0.840. The summed E-state index contributed by atoms with van der Waals surface area (Å²) >= 11 is 6.07. The van der Waals surface area contributed by atoms with E-state index in [0.717, 1.165) is 25.9 Å². The lowest BCUT2D eigenvalue weighted by Gasteiger charge is -2.33. The van der Waals surface area contributed by atoms with Crippen LogP contribution >= 0.6 is 11.6 Å². The van der Waals surface area contributed by atoms with E-state index in [1.165, 1.54) is 12.1 Å². The Morgan fingerprint density at radius 2 is 2.22 bits per heavy atom. The summed E-state index contributed by atoms with van der Waals surface area (Å²) in [6, 6.07) is 4.31. The zero-order chi connectivity index (χ0) is 13.0. The first-order valence-electron chi connectivity index (χ1n) is 6.16. The molecule has 0 aromatic heterocycles. The summed E-state index contributed by atoms with van der Waals surface area (Å²) in [5.74, 6) is -0.307. The van der Waals surface area contributed by atoms with Crippen LogP contribution in [0.25, 0.3) is 0 Å². The Balaban J connectivity index is 2.20. The molecule has 0 amide bonds. The van der Waals surface area contributed by atoms with Crippen molar-refractivity contribution in [3.63, 3.8) is 0 Å². The molecule has 18 heavy (non-hydrogen) atoms. The average Bonchev–Trinajstić information content (AvgIpc) is 2.60. The van der Waals surface area contributed by atoms with Crippen LogP contribution in [0.4, 0.5) is 10.1 Å². The largest absolute Gasteiger partial charge is 0.381 e. The van der Waals surface area contributed by atoms with E-state index in [2.05, 4.69) is 5.32 Å². The van der Waals surface area contributed by atoms with Crippen molar-refractivity contribution in [2.24, 2.45) is 5.73 Å². The Morgan fingerprint density at radius 1 is 1.39 bits per heavy atom. The average molecular weight is 273 g/mol. The third-order valence-corrected chi connectivity index (χ3v) is 3.72. The minimum Gasteiger partial charge on any atom is -0.381 e. The predicted molar refractivity (Wildman–Crippen MR) is 71.5 cm³/mol. The number of hydrogen-bond acceptors (Lipinski definition) is 3. The van der Waals surface area contributed by atoms with Crippen LogP contribution in [0, 0.1) is 5.82 Å². The number of nitrogens with two attached hydrogens (primary N) is 1. The number of rotatable bonds is 3. The summed E-state index contributed by atoms with van der Waals surface area (Å²) in [7, 11) is 0. The molecule has 0 bridgehead atoms. The van der Waals surface area contributed by atoms with Crippen LogP contribution in [0.2, 0.25) is 5.02 Å². The Morgan fingerprint density at radius 3 is 3.00 bits per heavy atom. The molecule has 5 heteroatoms. The SMILES string of the molecule is NCC1(Nc2cc(F)ccc2Cl)CCCOCC1. The molecule has 1 heterocycles. The van der Waals surface area contributed by atoms with Crippen molar-refractivity contribution in [3.05, 3.63) is 29.0 Å². The molecular weight excluding hydrogens is 255 g/mol. The van der Waals surface area contributed by atoms with E-state index in [4.69, 9.17) is 22.1 Å². The molecular formula is C13H18ClFN2O. The van der Waals surface area contributed by atoms with Crippen molar-refractivity contribution in [1.29, 1.82) is 0 Å². The van der Waals surface area contributed by atoms with Gasteiger partial charge in [-0.2, -0.15) is 0 Å². The van der Waals surface area contributed by atoms with Crippen molar-refractivity contribution < 1.29 is 9.13 Å². The van der Waals surface area contributed by atoms with E-state index in [1.54, 1.807) is 6.07 Å². The van der Waals surface area contributed by atoms with E-state index in [0.29, 0.717) is 23.9 Å². The summed E-state index contributed by atoms with van der Waals surface area (Å²) in [5, 5.41) is 3.82. The molecule has 3 N–H and O–H groups in total. The second-order valence-corrected chi connectivity index (χ2v) is 5.11. The van der Waals surface area contributed by atoms with E-state index >= 15 is 0 Å². The van der Waals surface area contributed by atoms with Gasteiger partial charge in [0.25, 0.3) is 0 Å². The molecule has 1 aliphatic rings. The topological polar surface area (TPSA) is 47.3 Å². The summed E-state index contributed by atoms with van der Waals surface area (Å²) in [6.07, 6.45) is 2.64. The molecule has 0 spiro atoms. The monoisotopic (exact) mass is 272 g/mol. The van der Waals surface area contributed by atoms with E-state index in [1.807, 2.05) is 0 Å². The van der Waals surface area contributed by atoms with Gasteiger partial charge >= 0.3 is 0 Å². The fourth-order valence-electron chi connectivity index (χ4n) is 2.27. The first-order valence-corrected chi connectivity index (χ1v) is 6.54. The van der Waals surface area contributed by atoms with Crippen LogP contribution in [-0.2, 0) is 4.74 Å². The number of anilines is 1. The fourth-order valence-corrected chi connectivity index (χ4v) is 2.43. The highest BCUT2D eigenvalue weighted by Crippen LogP contribution is 2.30. The van der Waals surface area contributed by atoms with Gasteiger partial charge < -0.3 is 15.8 Å². The minimum atomic E-state index is -0.307. The van der Waals surface area contributed by atoms with Gasteiger partial charge in [0.15, 0.2) is 0 Å². The van der Waals surface area contributed by atoms with Crippen molar-refractivity contribution >= 4 is 17.3 Å². The Labute approximate surface area is 111 Å². The molecule has 1 atom stereocenters. The van der Waals surface area contributed by atoms with Crippen LogP contribution in [0.1, 0.15) is 19.3 Å². The molecule has 1 aromatic rings. The van der Waals surface area contributed by atoms with Crippen LogP contribution in [0.15, 0.2) is 18.2 Å². The van der Waals surface area contributed by atoms with Gasteiger partial charge in [0.1, 0.15) is 5.82 Å². The quantitative estimate of drug-likeness (QED) is 0.889. The maximum atomic E-state index is 13.3. The maximum Gasteiger partial charge on any atom is 0.125 e. The molecule has 0 radical (unpaired) electrons. The van der Waals surface area contributed by atoms with Gasteiger partial charge in [0.2, 0.25) is 0 Å². The molecule has 3 nitrogen and oxygen atoms in total. The molecule has 1 aromatic carbocycles. The third kappa shape index (κ3) is 3.13. The molecule has 100 valence electrons. The highest BCUT2D eigenvalue weighted by Gasteiger charge is 2.30. The van der Waals surface area contributed by atoms with Crippen LogP contribution in [0.5, 0.6) is 0 Å². The molecule has 0 aliphatic carbocycles. The van der Waals surface area contributed by atoms with Gasteiger partial charge in [-0.1, -0.05) is 11.6 Å². The molecule has 2 rings (SSSR count).